The van der Waals surface area contributed by atoms with Gasteiger partial charge in [-0.25, -0.2) is 0 Å². The van der Waals surface area contributed by atoms with E-state index in [1.54, 1.807) is 24.3 Å². The normalized spacial score (nSPS) is 12.8. The third-order valence-corrected chi connectivity index (χ3v) is 13.8. The maximum atomic E-state index is 12.8. The van der Waals surface area contributed by atoms with Gasteiger partial charge in [0.15, 0.2) is 5.75 Å². The number of para-hydroxylation sites is 1. The maximum Gasteiger partial charge on any atom is 0.296 e. The van der Waals surface area contributed by atoms with E-state index in [0.717, 1.165) is 42.1 Å². The lowest BCUT2D eigenvalue weighted by Crippen LogP contribution is -1.99. The zero-order valence-electron chi connectivity index (χ0n) is 35.4. The van der Waals surface area contributed by atoms with Gasteiger partial charge in [-0.15, -0.1) is 25.6 Å². The van der Waals surface area contributed by atoms with Crippen LogP contribution in [-0.2, 0) is 40.5 Å². The number of nitrogens with zero attached hydrogens (tertiary/aromatic N) is 6. The SMILES string of the molecule is COc1cc(N=Nc2ccc(N=Nc3ccc(S(=O)(=O)O)cc3C)c3cc(S(=O)(=O)O)ccc23)c2cc(S(=O)(=O)O)ccc2c1N=Nc1c(S(=O)(=O)O)cc2cc(Nc3ccccc3)ccc2c1O. The van der Waals surface area contributed by atoms with Crippen molar-refractivity contribution in [1.82, 2.24) is 0 Å². The summed E-state index contributed by atoms with van der Waals surface area (Å²) >= 11 is 0. The first-order valence-electron chi connectivity index (χ1n) is 19.6. The smallest absolute Gasteiger partial charge is 0.296 e. The molecule has 8 rings (SSSR count). The molecule has 25 heteroatoms. The lowest BCUT2D eigenvalue weighted by Gasteiger charge is -2.13. The van der Waals surface area contributed by atoms with Gasteiger partial charge in [-0.05, 0) is 109 Å². The molecule has 0 heterocycles. The lowest BCUT2D eigenvalue weighted by atomic mass is 10.1. The van der Waals surface area contributed by atoms with Crippen molar-refractivity contribution < 1.29 is 61.7 Å². The summed E-state index contributed by atoms with van der Waals surface area (Å²) in [5.74, 6) is -0.756. The van der Waals surface area contributed by atoms with Gasteiger partial charge in [0.25, 0.3) is 40.5 Å². The van der Waals surface area contributed by atoms with E-state index in [9.17, 15) is 57.0 Å². The minimum absolute atomic E-state index is 0.0291. The lowest BCUT2D eigenvalue weighted by molar-refractivity contribution is 0.416. The number of anilines is 2. The fraction of sp³-hybridized carbons (Fsp3) is 0.0455. The van der Waals surface area contributed by atoms with Gasteiger partial charge < -0.3 is 15.2 Å². The van der Waals surface area contributed by atoms with E-state index in [1.807, 2.05) is 18.2 Å². The number of hydrogen-bond acceptors (Lipinski definition) is 17. The number of nitrogens with one attached hydrogen (secondary N) is 1. The Kier molecular flexibility index (Phi) is 12.6. The van der Waals surface area contributed by atoms with Gasteiger partial charge in [0.1, 0.15) is 22.0 Å². The van der Waals surface area contributed by atoms with E-state index < -0.39 is 66.6 Å². The van der Waals surface area contributed by atoms with E-state index in [0.29, 0.717) is 11.3 Å². The molecule has 0 amide bonds. The summed E-state index contributed by atoms with van der Waals surface area (Å²) in [6.07, 6.45) is 0. The van der Waals surface area contributed by atoms with E-state index in [-0.39, 0.29) is 71.4 Å². The Labute approximate surface area is 392 Å². The minimum atomic E-state index is -5.06. The number of ether oxygens (including phenoxy) is 1. The molecule has 0 unspecified atom stereocenters. The number of hydrogen-bond donors (Lipinski definition) is 6. The first kappa shape index (κ1) is 47.9. The minimum Gasteiger partial charge on any atom is -0.505 e. The Morgan fingerprint density at radius 2 is 0.957 bits per heavy atom. The van der Waals surface area contributed by atoms with Crippen LogP contribution in [0.3, 0.4) is 0 Å². The highest BCUT2D eigenvalue weighted by molar-refractivity contribution is 7.86. The molecule has 0 radical (unpaired) electrons. The number of aromatic hydroxyl groups is 1. The molecule has 0 saturated carbocycles. The van der Waals surface area contributed by atoms with Crippen molar-refractivity contribution >= 4 is 118 Å². The molecule has 0 fully saturated rings. The predicted molar refractivity (Wildman–Crippen MR) is 253 cm³/mol. The molecule has 0 bridgehead atoms. The van der Waals surface area contributed by atoms with Crippen molar-refractivity contribution in [2.75, 3.05) is 12.4 Å². The van der Waals surface area contributed by atoms with Gasteiger partial charge in [-0.3, -0.25) is 18.2 Å². The van der Waals surface area contributed by atoms with Crippen LogP contribution in [0.1, 0.15) is 5.56 Å². The molecule has 21 nitrogen and oxygen atoms in total. The van der Waals surface area contributed by atoms with Gasteiger partial charge in [0.2, 0.25) is 0 Å². The number of rotatable bonds is 13. The maximum absolute atomic E-state index is 12.8. The van der Waals surface area contributed by atoms with Crippen molar-refractivity contribution in [2.45, 2.75) is 26.5 Å². The Morgan fingerprint density at radius 1 is 0.449 bits per heavy atom. The zero-order chi connectivity index (χ0) is 49.6. The summed E-state index contributed by atoms with van der Waals surface area (Å²) in [4.78, 5) is -2.28. The van der Waals surface area contributed by atoms with Gasteiger partial charge in [0, 0.05) is 44.4 Å². The highest BCUT2D eigenvalue weighted by atomic mass is 32.2. The average Bonchev–Trinajstić information content (AvgIpc) is 3.29. The monoisotopic (exact) mass is 1010 g/mol. The van der Waals surface area contributed by atoms with Crippen molar-refractivity contribution in [3.8, 4) is 11.5 Å². The van der Waals surface area contributed by atoms with Crippen molar-refractivity contribution in [3.63, 3.8) is 0 Å². The molecule has 8 aromatic carbocycles. The van der Waals surface area contributed by atoms with Crippen molar-refractivity contribution in [3.05, 3.63) is 133 Å². The second-order valence-corrected chi connectivity index (χ2v) is 20.6. The van der Waals surface area contributed by atoms with Crippen LogP contribution < -0.4 is 10.1 Å². The number of phenolic OH excluding ortho intramolecular Hbond substituents is 1. The summed E-state index contributed by atoms with van der Waals surface area (Å²) in [6, 6.07) is 29.3. The number of aryl methyl sites for hydroxylation is 1. The molecule has 0 aliphatic rings. The quantitative estimate of drug-likeness (QED) is 0.0462. The van der Waals surface area contributed by atoms with Crippen LogP contribution in [0, 0.1) is 6.92 Å². The molecule has 8 aromatic rings. The van der Waals surface area contributed by atoms with Crippen LogP contribution in [0.5, 0.6) is 11.5 Å². The first-order chi connectivity index (χ1) is 32.5. The molecule has 0 aliphatic heterocycles. The van der Waals surface area contributed by atoms with Crippen LogP contribution in [0.15, 0.2) is 178 Å². The number of benzene rings is 8. The van der Waals surface area contributed by atoms with Gasteiger partial charge in [-0.1, -0.05) is 30.3 Å². The molecule has 6 N–H and O–H groups in total. The molecule has 69 heavy (non-hydrogen) atoms. The fourth-order valence-corrected chi connectivity index (χ4v) is 9.34. The second-order valence-electron chi connectivity index (χ2n) is 14.9. The molecule has 352 valence electrons. The summed E-state index contributed by atoms with van der Waals surface area (Å²) in [7, 11) is -17.9. The van der Waals surface area contributed by atoms with Crippen LogP contribution in [0.25, 0.3) is 32.3 Å². The third-order valence-electron chi connectivity index (χ3n) is 10.4. The number of fused-ring (bicyclic) bond motifs is 3. The van der Waals surface area contributed by atoms with Gasteiger partial charge >= 0.3 is 0 Å². The molecule has 0 spiro atoms. The number of phenols is 1. The zero-order valence-corrected chi connectivity index (χ0v) is 38.6. The Hall–Kier alpha value is -7.62. The number of azo groups is 3. The largest absolute Gasteiger partial charge is 0.505 e. The van der Waals surface area contributed by atoms with Crippen molar-refractivity contribution in [2.24, 2.45) is 30.7 Å². The molecular formula is C44H33N7O14S4. The van der Waals surface area contributed by atoms with E-state index in [1.165, 1.54) is 62.6 Å². The molecular weight excluding hydrogens is 979 g/mol. The molecule has 0 atom stereocenters. The predicted octanol–water partition coefficient (Wildman–Crippen LogP) is 11.1. The first-order valence-corrected chi connectivity index (χ1v) is 25.3. The Bertz CT molecular complexity index is 4000. The third kappa shape index (κ3) is 10.2. The number of methoxy groups -OCH3 is 1. The van der Waals surface area contributed by atoms with Crippen molar-refractivity contribution in [1.29, 1.82) is 0 Å². The van der Waals surface area contributed by atoms with Crippen LogP contribution in [0.4, 0.5) is 45.5 Å². The van der Waals surface area contributed by atoms with Gasteiger partial charge in [-0.2, -0.15) is 38.8 Å². The second kappa shape index (κ2) is 18.1. The standard InChI is InChI=1S/C44H33N7O14S4/c1-24-18-28(66(53,54)55)11-15-36(24)46-48-38-17-16-37(32-13-9-29(21-34(32)38)67(56,57)58)47-49-39-23-40(65-2)42(33-14-10-30(22-35(33)39)68(59,60)61)50-51-43-41(69(62,63)64)20-25-19-27(8-12-31(25)44(43)52)45-26-6-4-3-5-7-26/h3-23,45,52H,1-2H3,(H,53,54,55)(H,56,57,58)(H,59,60,61)(H,62,63,64). The van der Waals surface area contributed by atoms with E-state index in [2.05, 4.69) is 36.0 Å². The summed E-state index contributed by atoms with van der Waals surface area (Å²) in [6.45, 7) is 1.52. The summed E-state index contributed by atoms with van der Waals surface area (Å²) in [5, 5.41) is 40.7. The molecule has 0 aromatic heterocycles. The summed E-state index contributed by atoms with van der Waals surface area (Å²) in [5.41, 5.74) is 1.00. The van der Waals surface area contributed by atoms with Crippen LogP contribution in [0.2, 0.25) is 0 Å². The Balaban J connectivity index is 1.24. The fourth-order valence-electron chi connectivity index (χ4n) is 7.10. The summed E-state index contributed by atoms with van der Waals surface area (Å²) < 4.78 is 143. The highest BCUT2D eigenvalue weighted by Crippen LogP contribution is 2.47. The Morgan fingerprint density at radius 3 is 1.55 bits per heavy atom. The van der Waals surface area contributed by atoms with Crippen LogP contribution >= 0.6 is 0 Å². The topological polar surface area (TPSA) is 333 Å². The molecule has 0 saturated heterocycles. The van der Waals surface area contributed by atoms with E-state index in [4.69, 9.17) is 4.74 Å². The van der Waals surface area contributed by atoms with Gasteiger partial charge in [0.05, 0.1) is 44.5 Å². The van der Waals surface area contributed by atoms with E-state index >= 15 is 0 Å². The average molecular weight is 1010 g/mol. The highest BCUT2D eigenvalue weighted by Gasteiger charge is 2.24. The van der Waals surface area contributed by atoms with Crippen LogP contribution in [-0.4, -0.2) is 64.1 Å². The molecule has 0 aliphatic carbocycles.